The van der Waals surface area contributed by atoms with E-state index in [-0.39, 0.29) is 0 Å². The smallest absolute Gasteiger partial charge is 0.00924 e. The second kappa shape index (κ2) is 8.28. The SMILES string of the molecule is CCCC(NCC)C(C)CCC(C)C. The number of nitrogens with one attached hydrogen (secondary N) is 1. The molecule has 2 unspecified atom stereocenters. The van der Waals surface area contributed by atoms with Crippen LogP contribution < -0.4 is 5.32 Å². The first-order valence-corrected chi connectivity index (χ1v) is 6.35. The zero-order chi connectivity index (χ0) is 11.0. The van der Waals surface area contributed by atoms with Crippen molar-refractivity contribution in [2.24, 2.45) is 11.8 Å². The lowest BCUT2D eigenvalue weighted by molar-refractivity contribution is 0.322. The molecule has 0 radical (unpaired) electrons. The molecule has 0 fully saturated rings. The molecule has 0 rings (SSSR count). The van der Waals surface area contributed by atoms with Crippen LogP contribution in [0.4, 0.5) is 0 Å². The molecule has 1 N–H and O–H groups in total. The lowest BCUT2D eigenvalue weighted by Gasteiger charge is -2.25. The third kappa shape index (κ3) is 6.42. The normalized spacial score (nSPS) is 15.9. The Morgan fingerprint density at radius 3 is 2.00 bits per heavy atom. The highest BCUT2D eigenvalue weighted by molar-refractivity contribution is 4.72. The Labute approximate surface area is 90.7 Å². The minimum Gasteiger partial charge on any atom is -0.314 e. The summed E-state index contributed by atoms with van der Waals surface area (Å²) in [5, 5.41) is 3.61. The molecule has 86 valence electrons. The molecule has 0 aliphatic heterocycles. The first kappa shape index (κ1) is 14.0. The summed E-state index contributed by atoms with van der Waals surface area (Å²) in [7, 11) is 0. The van der Waals surface area contributed by atoms with E-state index >= 15 is 0 Å². The van der Waals surface area contributed by atoms with Gasteiger partial charge >= 0.3 is 0 Å². The average molecular weight is 199 g/mol. The van der Waals surface area contributed by atoms with E-state index in [4.69, 9.17) is 0 Å². The largest absolute Gasteiger partial charge is 0.314 e. The van der Waals surface area contributed by atoms with Gasteiger partial charge in [0.2, 0.25) is 0 Å². The van der Waals surface area contributed by atoms with Crippen LogP contribution in [0.15, 0.2) is 0 Å². The van der Waals surface area contributed by atoms with Crippen LogP contribution in [0.3, 0.4) is 0 Å². The number of rotatable bonds is 8. The molecule has 1 nitrogen and oxygen atoms in total. The van der Waals surface area contributed by atoms with E-state index in [1.54, 1.807) is 0 Å². The Morgan fingerprint density at radius 2 is 1.57 bits per heavy atom. The number of hydrogen-bond donors (Lipinski definition) is 1. The van der Waals surface area contributed by atoms with E-state index in [9.17, 15) is 0 Å². The zero-order valence-corrected chi connectivity index (χ0v) is 10.8. The van der Waals surface area contributed by atoms with Crippen molar-refractivity contribution in [2.75, 3.05) is 6.54 Å². The van der Waals surface area contributed by atoms with Gasteiger partial charge in [-0.05, 0) is 31.2 Å². The van der Waals surface area contributed by atoms with E-state index in [0.29, 0.717) is 0 Å². The van der Waals surface area contributed by atoms with E-state index < -0.39 is 0 Å². The van der Waals surface area contributed by atoms with Crippen LogP contribution in [0.5, 0.6) is 0 Å². The van der Waals surface area contributed by atoms with Crippen LogP contribution in [0.25, 0.3) is 0 Å². The molecule has 2 atom stereocenters. The van der Waals surface area contributed by atoms with Crippen molar-refractivity contribution in [1.82, 2.24) is 5.32 Å². The maximum absolute atomic E-state index is 3.61. The van der Waals surface area contributed by atoms with Crippen molar-refractivity contribution in [2.45, 2.75) is 66.3 Å². The van der Waals surface area contributed by atoms with E-state index in [2.05, 4.69) is 39.9 Å². The topological polar surface area (TPSA) is 12.0 Å². The molecule has 0 aromatic heterocycles. The summed E-state index contributed by atoms with van der Waals surface area (Å²) < 4.78 is 0. The van der Waals surface area contributed by atoms with Crippen molar-refractivity contribution in [1.29, 1.82) is 0 Å². The molecule has 14 heavy (non-hydrogen) atoms. The maximum Gasteiger partial charge on any atom is 0.00924 e. The molecule has 0 aromatic carbocycles. The predicted molar refractivity (Wildman–Crippen MR) is 65.6 cm³/mol. The summed E-state index contributed by atoms with van der Waals surface area (Å²) >= 11 is 0. The third-order valence-corrected chi connectivity index (χ3v) is 2.95. The van der Waals surface area contributed by atoms with Gasteiger partial charge in [-0.2, -0.15) is 0 Å². The number of hydrogen-bond acceptors (Lipinski definition) is 1. The highest BCUT2D eigenvalue weighted by Gasteiger charge is 2.15. The summed E-state index contributed by atoms with van der Waals surface area (Å²) in [6.45, 7) is 12.6. The van der Waals surface area contributed by atoms with E-state index in [0.717, 1.165) is 24.4 Å². The Balaban J connectivity index is 3.81. The zero-order valence-electron chi connectivity index (χ0n) is 10.8. The van der Waals surface area contributed by atoms with Gasteiger partial charge in [0.15, 0.2) is 0 Å². The standard InChI is InChI=1S/C13H29N/c1-6-8-13(14-7-2)12(5)10-9-11(3)4/h11-14H,6-10H2,1-5H3. The van der Waals surface area contributed by atoms with Gasteiger partial charge in [0.05, 0.1) is 0 Å². The summed E-state index contributed by atoms with van der Waals surface area (Å²) in [6, 6.07) is 0.740. The van der Waals surface area contributed by atoms with Crippen LogP contribution in [-0.2, 0) is 0 Å². The fraction of sp³-hybridized carbons (Fsp3) is 1.00. The molecule has 0 aliphatic carbocycles. The molecule has 0 aliphatic rings. The molecule has 0 bridgehead atoms. The Morgan fingerprint density at radius 1 is 0.929 bits per heavy atom. The van der Waals surface area contributed by atoms with Gasteiger partial charge < -0.3 is 5.32 Å². The van der Waals surface area contributed by atoms with Gasteiger partial charge in [-0.15, -0.1) is 0 Å². The Bertz CT molecular complexity index is 114. The summed E-state index contributed by atoms with van der Waals surface area (Å²) in [6.07, 6.45) is 5.36. The Kier molecular flexibility index (Phi) is 8.26. The van der Waals surface area contributed by atoms with Gasteiger partial charge in [0.25, 0.3) is 0 Å². The first-order chi connectivity index (χ1) is 6.61. The molecule has 0 amide bonds. The highest BCUT2D eigenvalue weighted by Crippen LogP contribution is 2.18. The van der Waals surface area contributed by atoms with Crippen molar-refractivity contribution in [3.8, 4) is 0 Å². The summed E-state index contributed by atoms with van der Waals surface area (Å²) in [5.74, 6) is 1.68. The lowest BCUT2D eigenvalue weighted by atomic mass is 9.90. The molecular weight excluding hydrogens is 170 g/mol. The van der Waals surface area contributed by atoms with Gasteiger partial charge in [0.1, 0.15) is 0 Å². The van der Waals surface area contributed by atoms with Gasteiger partial charge in [-0.1, -0.05) is 47.5 Å². The minimum absolute atomic E-state index is 0.740. The first-order valence-electron chi connectivity index (χ1n) is 6.35. The molecule has 0 spiro atoms. The van der Waals surface area contributed by atoms with E-state index in [1.807, 2.05) is 0 Å². The fourth-order valence-corrected chi connectivity index (χ4v) is 1.96. The molecule has 0 aromatic rings. The van der Waals surface area contributed by atoms with Crippen LogP contribution >= 0.6 is 0 Å². The maximum atomic E-state index is 3.61. The van der Waals surface area contributed by atoms with Gasteiger partial charge in [0, 0.05) is 6.04 Å². The highest BCUT2D eigenvalue weighted by atomic mass is 14.9. The quantitative estimate of drug-likeness (QED) is 0.626. The lowest BCUT2D eigenvalue weighted by Crippen LogP contribution is -2.34. The predicted octanol–water partition coefficient (Wildman–Crippen LogP) is 3.84. The minimum atomic E-state index is 0.740. The van der Waals surface area contributed by atoms with Crippen LogP contribution in [-0.4, -0.2) is 12.6 Å². The second-order valence-corrected chi connectivity index (χ2v) is 4.90. The van der Waals surface area contributed by atoms with Gasteiger partial charge in [-0.3, -0.25) is 0 Å². The van der Waals surface area contributed by atoms with Gasteiger partial charge in [-0.25, -0.2) is 0 Å². The van der Waals surface area contributed by atoms with Crippen LogP contribution in [0, 0.1) is 11.8 Å². The molecular formula is C13H29N. The fourth-order valence-electron chi connectivity index (χ4n) is 1.96. The van der Waals surface area contributed by atoms with Crippen LogP contribution in [0.1, 0.15) is 60.3 Å². The average Bonchev–Trinajstić information content (AvgIpc) is 2.14. The Hall–Kier alpha value is -0.0400. The molecule has 0 saturated heterocycles. The third-order valence-electron chi connectivity index (χ3n) is 2.95. The summed E-state index contributed by atoms with van der Waals surface area (Å²) in [4.78, 5) is 0. The van der Waals surface area contributed by atoms with Crippen LogP contribution in [0.2, 0.25) is 0 Å². The van der Waals surface area contributed by atoms with E-state index in [1.165, 1.54) is 25.7 Å². The van der Waals surface area contributed by atoms with Crippen molar-refractivity contribution in [3.63, 3.8) is 0 Å². The van der Waals surface area contributed by atoms with Crippen molar-refractivity contribution in [3.05, 3.63) is 0 Å². The monoisotopic (exact) mass is 199 g/mol. The second-order valence-electron chi connectivity index (χ2n) is 4.90. The molecule has 0 heterocycles. The van der Waals surface area contributed by atoms with Crippen molar-refractivity contribution < 1.29 is 0 Å². The molecule has 0 saturated carbocycles. The summed E-state index contributed by atoms with van der Waals surface area (Å²) in [5.41, 5.74) is 0. The molecule has 1 heteroatoms. The van der Waals surface area contributed by atoms with Crippen molar-refractivity contribution >= 4 is 0 Å².